The highest BCUT2D eigenvalue weighted by atomic mass is 16.5. The van der Waals surface area contributed by atoms with E-state index in [-0.39, 0.29) is 0 Å². The Morgan fingerprint density at radius 3 is 2.65 bits per heavy atom. The number of hydrazone groups is 1. The quantitative estimate of drug-likeness (QED) is 0.200. The van der Waals surface area contributed by atoms with Crippen LogP contribution in [0.15, 0.2) is 54.0 Å². The third kappa shape index (κ3) is 8.58. The van der Waals surface area contributed by atoms with Gasteiger partial charge >= 0.3 is 0 Å². The summed E-state index contributed by atoms with van der Waals surface area (Å²) in [6.45, 7) is 13.1. The van der Waals surface area contributed by atoms with E-state index in [4.69, 9.17) is 9.47 Å². The topological polar surface area (TPSA) is 71.0 Å². The lowest BCUT2D eigenvalue weighted by atomic mass is 10.2. The third-order valence-corrected chi connectivity index (χ3v) is 4.49. The van der Waals surface area contributed by atoms with E-state index in [1.807, 2.05) is 24.3 Å². The fourth-order valence-electron chi connectivity index (χ4n) is 3.06. The number of rotatable bonds is 14. The van der Waals surface area contributed by atoms with E-state index in [9.17, 15) is 0 Å². The molecule has 7 heteroatoms. The number of benzene rings is 1. The van der Waals surface area contributed by atoms with Crippen molar-refractivity contribution in [2.45, 2.75) is 33.6 Å². The van der Waals surface area contributed by atoms with Gasteiger partial charge in [0.1, 0.15) is 6.61 Å². The summed E-state index contributed by atoms with van der Waals surface area (Å²) >= 11 is 0. The maximum Gasteiger partial charge on any atom is 0.217 e. The van der Waals surface area contributed by atoms with Gasteiger partial charge in [0, 0.05) is 30.9 Å². The molecule has 0 fully saturated rings. The van der Waals surface area contributed by atoms with Crippen LogP contribution in [0.4, 0.5) is 11.5 Å². The first-order valence-electron chi connectivity index (χ1n) is 10.8. The Kier molecular flexibility index (Phi) is 10.2. The summed E-state index contributed by atoms with van der Waals surface area (Å²) in [6.07, 6.45) is 3.92. The summed E-state index contributed by atoms with van der Waals surface area (Å²) in [7, 11) is 1.58. The molecule has 0 atom stereocenters. The van der Waals surface area contributed by atoms with Crippen LogP contribution in [0.25, 0.3) is 0 Å². The number of hydrogen-bond donors (Lipinski definition) is 2. The van der Waals surface area contributed by atoms with Crippen LogP contribution in [0.3, 0.4) is 0 Å². The molecule has 168 valence electrons. The maximum absolute atomic E-state index is 5.88. The molecule has 1 heterocycles. The summed E-state index contributed by atoms with van der Waals surface area (Å²) < 4.78 is 10.9. The molecule has 0 aliphatic rings. The van der Waals surface area contributed by atoms with Gasteiger partial charge in [0.15, 0.2) is 11.7 Å². The first-order chi connectivity index (χ1) is 15.0. The molecule has 0 saturated heterocycles. The van der Waals surface area contributed by atoms with E-state index in [0.29, 0.717) is 30.7 Å². The Morgan fingerprint density at radius 2 is 1.97 bits per heavy atom. The largest absolute Gasteiger partial charge is 0.483 e. The van der Waals surface area contributed by atoms with Crippen LogP contribution >= 0.6 is 0 Å². The van der Waals surface area contributed by atoms with Crippen molar-refractivity contribution in [3.05, 3.63) is 60.0 Å². The molecule has 0 amide bonds. The number of nitrogens with one attached hydrogen (secondary N) is 2. The van der Waals surface area contributed by atoms with Gasteiger partial charge in [-0.1, -0.05) is 43.7 Å². The van der Waals surface area contributed by atoms with Gasteiger partial charge in [0.25, 0.3) is 0 Å². The molecule has 0 aliphatic heterocycles. The van der Waals surface area contributed by atoms with Crippen molar-refractivity contribution in [3.63, 3.8) is 0 Å². The molecule has 2 N–H and O–H groups in total. The zero-order valence-corrected chi connectivity index (χ0v) is 19.1. The van der Waals surface area contributed by atoms with Crippen LogP contribution in [0.1, 0.15) is 37.8 Å². The number of aryl methyl sites for hydroxylation is 1. The molecule has 31 heavy (non-hydrogen) atoms. The Bertz CT molecular complexity index is 848. The molecule has 0 spiro atoms. The number of pyridine rings is 1. The molecular formula is C24H35N5O2. The second-order valence-electron chi connectivity index (χ2n) is 7.22. The van der Waals surface area contributed by atoms with Gasteiger partial charge in [0.2, 0.25) is 5.88 Å². The number of hydrogen-bond acceptors (Lipinski definition) is 7. The second-order valence-corrected chi connectivity index (χ2v) is 7.22. The van der Waals surface area contributed by atoms with Crippen molar-refractivity contribution in [2.24, 2.45) is 5.10 Å². The number of methoxy groups -OCH3 is 1. The van der Waals surface area contributed by atoms with Crippen molar-refractivity contribution in [1.29, 1.82) is 0 Å². The van der Waals surface area contributed by atoms with E-state index < -0.39 is 0 Å². The number of aromatic nitrogens is 1. The van der Waals surface area contributed by atoms with Crippen LogP contribution in [0, 0.1) is 6.92 Å². The molecule has 0 bridgehead atoms. The maximum atomic E-state index is 5.88. The second kappa shape index (κ2) is 13.2. The highest BCUT2D eigenvalue weighted by Gasteiger charge is 2.10. The molecule has 1 aromatic carbocycles. The Balaban J connectivity index is 2.15. The van der Waals surface area contributed by atoms with Gasteiger partial charge in [-0.3, -0.25) is 5.43 Å². The lowest BCUT2D eigenvalue weighted by Crippen LogP contribution is -2.25. The molecular weight excluding hydrogens is 390 g/mol. The molecule has 7 nitrogen and oxygen atoms in total. The summed E-state index contributed by atoms with van der Waals surface area (Å²) in [5.74, 6) is 1.70. The van der Waals surface area contributed by atoms with Crippen LogP contribution in [0.5, 0.6) is 5.88 Å². The Morgan fingerprint density at radius 1 is 1.19 bits per heavy atom. The fourth-order valence-corrected chi connectivity index (χ4v) is 3.06. The Hall–Kier alpha value is -3.22. The average molecular weight is 426 g/mol. The highest BCUT2D eigenvalue weighted by Crippen LogP contribution is 2.24. The predicted octanol–water partition coefficient (Wildman–Crippen LogP) is 4.55. The standard InChI is InChI=1S/C24H35N5O2/c1-6-12-29(13-7-2)22-16-23(28-26-18-21-10-8-9-19(3)15-21)27-24(17-22)31-14-11-25-20(4)30-5/h8-10,15-18,25H,4,6-7,11-14H2,1-3,5H3,(H,27,28)/b26-18+. The fraction of sp³-hybridized carbons (Fsp3) is 0.417. The van der Waals surface area contributed by atoms with E-state index >= 15 is 0 Å². The SMILES string of the molecule is C=C(NCCOc1cc(N(CCC)CCC)cc(N/N=C/c2cccc(C)c2)n1)OC. The van der Waals surface area contributed by atoms with E-state index in [2.05, 4.69) is 65.2 Å². The lowest BCUT2D eigenvalue weighted by Gasteiger charge is -2.24. The average Bonchev–Trinajstić information content (AvgIpc) is 2.76. The van der Waals surface area contributed by atoms with Crippen LogP contribution in [0.2, 0.25) is 0 Å². The number of nitrogens with zero attached hydrogens (tertiary/aromatic N) is 3. The van der Waals surface area contributed by atoms with Gasteiger partial charge in [-0.15, -0.1) is 0 Å². The normalized spacial score (nSPS) is 10.7. The van der Waals surface area contributed by atoms with Crippen LogP contribution in [-0.4, -0.2) is 44.5 Å². The molecule has 0 aliphatic carbocycles. The van der Waals surface area contributed by atoms with Crippen molar-refractivity contribution >= 4 is 17.7 Å². The van der Waals surface area contributed by atoms with E-state index in [0.717, 1.165) is 37.2 Å². The van der Waals surface area contributed by atoms with Crippen molar-refractivity contribution in [1.82, 2.24) is 10.3 Å². The van der Waals surface area contributed by atoms with Gasteiger partial charge in [-0.25, -0.2) is 0 Å². The first kappa shape index (κ1) is 24.1. The van der Waals surface area contributed by atoms with Crippen molar-refractivity contribution < 1.29 is 9.47 Å². The zero-order chi connectivity index (χ0) is 22.5. The van der Waals surface area contributed by atoms with Crippen LogP contribution in [-0.2, 0) is 4.74 Å². The van der Waals surface area contributed by atoms with Crippen molar-refractivity contribution in [2.75, 3.05) is 43.7 Å². The smallest absolute Gasteiger partial charge is 0.217 e. The minimum atomic E-state index is 0.437. The number of ether oxygens (including phenoxy) is 2. The van der Waals surface area contributed by atoms with Gasteiger partial charge < -0.3 is 19.7 Å². The third-order valence-electron chi connectivity index (χ3n) is 4.49. The van der Waals surface area contributed by atoms with Gasteiger partial charge in [-0.2, -0.15) is 10.1 Å². The number of anilines is 2. The summed E-state index contributed by atoms with van der Waals surface area (Å²) in [5, 5.41) is 7.40. The van der Waals surface area contributed by atoms with E-state index in [1.165, 1.54) is 5.56 Å². The summed E-state index contributed by atoms with van der Waals surface area (Å²) in [4.78, 5) is 6.91. The minimum absolute atomic E-state index is 0.437. The predicted molar refractivity (Wildman–Crippen MR) is 129 cm³/mol. The van der Waals surface area contributed by atoms with Gasteiger partial charge in [0.05, 0.1) is 19.9 Å². The molecule has 1 aromatic heterocycles. The van der Waals surface area contributed by atoms with Gasteiger partial charge in [-0.05, 0) is 31.9 Å². The van der Waals surface area contributed by atoms with E-state index in [1.54, 1.807) is 13.3 Å². The molecule has 0 unspecified atom stereocenters. The zero-order valence-electron chi connectivity index (χ0n) is 19.1. The lowest BCUT2D eigenvalue weighted by molar-refractivity contribution is 0.245. The van der Waals surface area contributed by atoms with Crippen LogP contribution < -0.4 is 20.4 Å². The summed E-state index contributed by atoms with van der Waals surface area (Å²) in [5.41, 5.74) is 6.34. The Labute approximate surface area is 186 Å². The molecule has 0 saturated carbocycles. The molecule has 2 aromatic rings. The monoisotopic (exact) mass is 425 g/mol. The molecule has 2 rings (SSSR count). The molecule has 0 radical (unpaired) electrons. The first-order valence-corrected chi connectivity index (χ1v) is 10.8. The highest BCUT2D eigenvalue weighted by molar-refractivity contribution is 5.80. The minimum Gasteiger partial charge on any atom is -0.483 e. The van der Waals surface area contributed by atoms with Crippen molar-refractivity contribution in [3.8, 4) is 5.88 Å². The summed E-state index contributed by atoms with van der Waals surface area (Å²) in [6, 6.07) is 12.2.